The van der Waals surface area contributed by atoms with Crippen LogP contribution in [-0.4, -0.2) is 11.1 Å². The number of aromatic carboxylic acids is 1. The molecule has 1 aliphatic heterocycles. The van der Waals surface area contributed by atoms with Crippen molar-refractivity contribution in [2.24, 2.45) is 0 Å². The number of carboxylic acid groups (broad SMARTS) is 1. The number of benzene rings is 2. The highest BCUT2D eigenvalue weighted by Gasteiger charge is 2.25. The van der Waals surface area contributed by atoms with Gasteiger partial charge in [-0.15, -0.1) is 0 Å². The fourth-order valence-corrected chi connectivity index (χ4v) is 2.69. The Balaban J connectivity index is 1.87. The summed E-state index contributed by atoms with van der Waals surface area (Å²) >= 11 is 0. The van der Waals surface area contributed by atoms with Crippen LogP contribution in [0.2, 0.25) is 0 Å². The lowest BCUT2D eigenvalue weighted by molar-refractivity contribution is 0.0696. The molecule has 0 saturated carbocycles. The van der Waals surface area contributed by atoms with Gasteiger partial charge in [0.15, 0.2) is 0 Å². The Morgan fingerprint density at radius 3 is 2.76 bits per heavy atom. The molecule has 1 unspecified atom stereocenters. The van der Waals surface area contributed by atoms with E-state index >= 15 is 0 Å². The molecule has 1 atom stereocenters. The molecule has 0 saturated heterocycles. The van der Waals surface area contributed by atoms with E-state index in [0.717, 1.165) is 17.7 Å². The third-order valence-electron chi connectivity index (χ3n) is 3.93. The summed E-state index contributed by atoms with van der Waals surface area (Å²) in [5.74, 6) is 0.490. The number of carboxylic acids is 1. The fraction of sp³-hybridized carbons (Fsp3) is 0.278. The van der Waals surface area contributed by atoms with Crippen LogP contribution < -0.4 is 4.74 Å². The van der Waals surface area contributed by atoms with Gasteiger partial charge in [-0.2, -0.15) is 0 Å². The Hall–Kier alpha value is -2.29. The van der Waals surface area contributed by atoms with Crippen molar-refractivity contribution in [2.75, 3.05) is 0 Å². The van der Waals surface area contributed by atoms with E-state index in [0.29, 0.717) is 11.5 Å². The van der Waals surface area contributed by atoms with Crippen molar-refractivity contribution in [1.29, 1.82) is 0 Å². The van der Waals surface area contributed by atoms with Crippen LogP contribution in [0.1, 0.15) is 52.9 Å². The maximum absolute atomic E-state index is 11.1. The molecular weight excluding hydrogens is 264 g/mol. The molecule has 0 fully saturated rings. The first kappa shape index (κ1) is 13.7. The van der Waals surface area contributed by atoms with E-state index in [1.165, 1.54) is 11.1 Å². The summed E-state index contributed by atoms with van der Waals surface area (Å²) in [5.41, 5.74) is 3.72. The Morgan fingerprint density at radius 2 is 2.05 bits per heavy atom. The van der Waals surface area contributed by atoms with Crippen LogP contribution >= 0.6 is 0 Å². The summed E-state index contributed by atoms with van der Waals surface area (Å²) in [4.78, 5) is 11.1. The van der Waals surface area contributed by atoms with Gasteiger partial charge in [-0.1, -0.05) is 38.1 Å². The highest BCUT2D eigenvalue weighted by atomic mass is 16.5. The second-order valence-corrected chi connectivity index (χ2v) is 5.76. The molecule has 2 aromatic rings. The van der Waals surface area contributed by atoms with Crippen LogP contribution in [0.3, 0.4) is 0 Å². The minimum atomic E-state index is -0.908. The molecule has 1 heterocycles. The van der Waals surface area contributed by atoms with E-state index in [1.807, 2.05) is 12.1 Å². The molecule has 0 radical (unpaired) electrons. The van der Waals surface area contributed by atoms with Gasteiger partial charge in [0.25, 0.3) is 0 Å². The molecular formula is C18H18O3. The lowest BCUT2D eigenvalue weighted by Crippen LogP contribution is -2.05. The second-order valence-electron chi connectivity index (χ2n) is 5.76. The van der Waals surface area contributed by atoms with Crippen molar-refractivity contribution >= 4 is 5.97 Å². The SMILES string of the molecule is CC(C)c1ccc2c(c1)CC(c1cccc(C(=O)O)c1)O2. The molecule has 0 spiro atoms. The number of hydrogen-bond acceptors (Lipinski definition) is 2. The molecule has 1 aliphatic rings. The smallest absolute Gasteiger partial charge is 0.335 e. The summed E-state index contributed by atoms with van der Waals surface area (Å²) in [6, 6.07) is 13.3. The summed E-state index contributed by atoms with van der Waals surface area (Å²) in [7, 11) is 0. The molecule has 0 aromatic heterocycles. The lowest BCUT2D eigenvalue weighted by atomic mass is 9.97. The molecule has 0 amide bonds. The molecule has 3 heteroatoms. The fourth-order valence-electron chi connectivity index (χ4n) is 2.69. The number of hydrogen-bond donors (Lipinski definition) is 1. The third kappa shape index (κ3) is 2.64. The summed E-state index contributed by atoms with van der Waals surface area (Å²) in [6.45, 7) is 4.34. The van der Waals surface area contributed by atoms with E-state index in [2.05, 4.69) is 26.0 Å². The van der Waals surface area contributed by atoms with E-state index in [1.54, 1.807) is 18.2 Å². The van der Waals surface area contributed by atoms with Crippen LogP contribution in [0, 0.1) is 0 Å². The maximum atomic E-state index is 11.1. The van der Waals surface area contributed by atoms with Gasteiger partial charge in [0.1, 0.15) is 11.9 Å². The van der Waals surface area contributed by atoms with Gasteiger partial charge in [-0.05, 0) is 40.8 Å². The third-order valence-corrected chi connectivity index (χ3v) is 3.93. The molecule has 0 aliphatic carbocycles. The van der Waals surface area contributed by atoms with Gasteiger partial charge in [-0.3, -0.25) is 0 Å². The first-order valence-corrected chi connectivity index (χ1v) is 7.17. The highest BCUT2D eigenvalue weighted by molar-refractivity contribution is 5.87. The van der Waals surface area contributed by atoms with Gasteiger partial charge >= 0.3 is 5.97 Å². The Morgan fingerprint density at radius 1 is 1.24 bits per heavy atom. The van der Waals surface area contributed by atoms with Gasteiger partial charge < -0.3 is 9.84 Å². The molecule has 2 aromatic carbocycles. The van der Waals surface area contributed by atoms with Crippen LogP contribution in [0.15, 0.2) is 42.5 Å². The zero-order valence-electron chi connectivity index (χ0n) is 12.2. The van der Waals surface area contributed by atoms with Crippen molar-refractivity contribution in [2.45, 2.75) is 32.3 Å². The van der Waals surface area contributed by atoms with Crippen molar-refractivity contribution in [3.05, 3.63) is 64.7 Å². The van der Waals surface area contributed by atoms with Crippen LogP contribution in [-0.2, 0) is 6.42 Å². The molecule has 3 nitrogen and oxygen atoms in total. The minimum Gasteiger partial charge on any atom is -0.485 e. The molecule has 3 rings (SSSR count). The molecule has 108 valence electrons. The van der Waals surface area contributed by atoms with E-state index in [-0.39, 0.29) is 6.10 Å². The zero-order valence-corrected chi connectivity index (χ0v) is 12.2. The average molecular weight is 282 g/mol. The average Bonchev–Trinajstić information content (AvgIpc) is 2.90. The quantitative estimate of drug-likeness (QED) is 0.918. The predicted octanol–water partition coefficient (Wildman–Crippen LogP) is 4.18. The number of fused-ring (bicyclic) bond motifs is 1. The first-order valence-electron chi connectivity index (χ1n) is 7.17. The summed E-state index contributed by atoms with van der Waals surface area (Å²) in [6.07, 6.45) is 0.695. The first-order chi connectivity index (χ1) is 10.0. The topological polar surface area (TPSA) is 46.5 Å². The van der Waals surface area contributed by atoms with Crippen molar-refractivity contribution in [1.82, 2.24) is 0 Å². The van der Waals surface area contributed by atoms with Crippen molar-refractivity contribution < 1.29 is 14.6 Å². The lowest BCUT2D eigenvalue weighted by Gasteiger charge is -2.11. The van der Waals surface area contributed by atoms with E-state index < -0.39 is 5.97 Å². The normalized spacial score (nSPS) is 16.6. The van der Waals surface area contributed by atoms with E-state index in [9.17, 15) is 4.79 Å². The van der Waals surface area contributed by atoms with Gasteiger partial charge in [0.05, 0.1) is 5.56 Å². The Kier molecular flexibility index (Phi) is 3.42. The van der Waals surface area contributed by atoms with Crippen molar-refractivity contribution in [3.8, 4) is 5.75 Å². The second kappa shape index (κ2) is 5.24. The number of carbonyl (C=O) groups is 1. The molecule has 0 bridgehead atoms. The predicted molar refractivity (Wildman–Crippen MR) is 81.0 cm³/mol. The number of ether oxygens (including phenoxy) is 1. The van der Waals surface area contributed by atoms with E-state index in [4.69, 9.17) is 9.84 Å². The van der Waals surface area contributed by atoms with Crippen molar-refractivity contribution in [3.63, 3.8) is 0 Å². The standard InChI is InChI=1S/C18H18O3/c1-11(2)12-6-7-16-15(8-12)10-17(21-16)13-4-3-5-14(9-13)18(19)20/h3-9,11,17H,10H2,1-2H3,(H,19,20). The maximum Gasteiger partial charge on any atom is 0.335 e. The molecule has 21 heavy (non-hydrogen) atoms. The highest BCUT2D eigenvalue weighted by Crippen LogP contribution is 2.38. The Bertz CT molecular complexity index is 689. The minimum absolute atomic E-state index is 0.0956. The number of rotatable bonds is 3. The summed E-state index contributed by atoms with van der Waals surface area (Å²) < 4.78 is 5.97. The van der Waals surface area contributed by atoms with Gasteiger partial charge in [0, 0.05) is 6.42 Å². The van der Waals surface area contributed by atoms with Gasteiger partial charge in [0.2, 0.25) is 0 Å². The monoisotopic (exact) mass is 282 g/mol. The Labute approximate surface area is 124 Å². The zero-order chi connectivity index (χ0) is 15.0. The van der Waals surface area contributed by atoms with Gasteiger partial charge in [-0.25, -0.2) is 4.79 Å². The largest absolute Gasteiger partial charge is 0.485 e. The summed E-state index contributed by atoms with van der Waals surface area (Å²) in [5, 5.41) is 9.08. The van der Waals surface area contributed by atoms with Crippen LogP contribution in [0.25, 0.3) is 0 Å². The van der Waals surface area contributed by atoms with Crippen LogP contribution in [0.5, 0.6) is 5.75 Å². The van der Waals surface area contributed by atoms with Crippen LogP contribution in [0.4, 0.5) is 0 Å². The molecule has 1 N–H and O–H groups in total.